The molecule has 1 atom stereocenters. The molecule has 140 valence electrons. The molecule has 0 aliphatic rings. The summed E-state index contributed by atoms with van der Waals surface area (Å²) in [4.78, 5) is 8.87. The molecule has 0 spiro atoms. The predicted octanol–water partition coefficient (Wildman–Crippen LogP) is 5.30. The molecule has 0 fully saturated rings. The number of hydrogen-bond acceptors (Lipinski definition) is 4. The average Bonchev–Trinajstić information content (AvgIpc) is 2.72. The van der Waals surface area contributed by atoms with Crippen molar-refractivity contribution in [1.82, 2.24) is 15.3 Å². The smallest absolute Gasteiger partial charge is 0.141 e. The van der Waals surface area contributed by atoms with Crippen LogP contribution in [0.2, 0.25) is 0 Å². The fraction of sp³-hybridized carbons (Fsp3) is 0.167. The van der Waals surface area contributed by atoms with Gasteiger partial charge in [-0.1, -0.05) is 42.5 Å². The summed E-state index contributed by atoms with van der Waals surface area (Å²) in [5, 5.41) is 7.88. The van der Waals surface area contributed by atoms with Crippen LogP contribution < -0.4 is 10.6 Å². The third-order valence-electron chi connectivity index (χ3n) is 5.18. The quantitative estimate of drug-likeness (QED) is 0.502. The van der Waals surface area contributed by atoms with E-state index in [1.807, 2.05) is 13.1 Å². The molecular weight excluding hydrogens is 344 g/mol. The SMILES string of the molecule is CN[C@@H](c1ccccc1)c1ccc(Nc2ncnc3cc(C)c(C)cc23)cc1. The lowest BCUT2D eigenvalue weighted by Crippen LogP contribution is -2.17. The normalized spacial score (nSPS) is 12.1. The highest BCUT2D eigenvalue weighted by molar-refractivity contribution is 5.91. The summed E-state index contributed by atoms with van der Waals surface area (Å²) in [6, 6.07) is 23.4. The van der Waals surface area contributed by atoms with Crippen LogP contribution in [0.5, 0.6) is 0 Å². The Kier molecular flexibility index (Phi) is 5.04. The number of benzene rings is 3. The molecule has 0 saturated carbocycles. The fourth-order valence-corrected chi connectivity index (χ4v) is 3.48. The molecule has 2 N–H and O–H groups in total. The molecular formula is C24H24N4. The molecule has 0 amide bonds. The minimum absolute atomic E-state index is 0.167. The van der Waals surface area contributed by atoms with Gasteiger partial charge in [-0.15, -0.1) is 0 Å². The molecule has 1 aromatic heterocycles. The molecule has 0 aliphatic carbocycles. The first kappa shape index (κ1) is 18.1. The second-order valence-corrected chi connectivity index (χ2v) is 7.06. The predicted molar refractivity (Wildman–Crippen MR) is 116 cm³/mol. The molecule has 4 rings (SSSR count). The molecule has 0 unspecified atom stereocenters. The molecule has 4 heteroatoms. The van der Waals surface area contributed by atoms with Crippen LogP contribution in [0.3, 0.4) is 0 Å². The zero-order valence-electron chi connectivity index (χ0n) is 16.4. The van der Waals surface area contributed by atoms with Crippen LogP contribution in [-0.2, 0) is 0 Å². The summed E-state index contributed by atoms with van der Waals surface area (Å²) in [7, 11) is 1.99. The van der Waals surface area contributed by atoms with Crippen molar-refractivity contribution < 1.29 is 0 Å². The lowest BCUT2D eigenvalue weighted by molar-refractivity contribution is 0.692. The van der Waals surface area contributed by atoms with Gasteiger partial charge in [0.1, 0.15) is 12.1 Å². The van der Waals surface area contributed by atoms with E-state index in [2.05, 4.69) is 95.1 Å². The Balaban J connectivity index is 1.62. The van der Waals surface area contributed by atoms with Gasteiger partial charge < -0.3 is 10.6 Å². The Labute approximate surface area is 165 Å². The standard InChI is InChI=1S/C24H24N4/c1-16-13-21-22(14-17(16)2)26-15-27-24(21)28-20-11-9-19(10-12-20)23(25-3)18-7-5-4-6-8-18/h4-15,23,25H,1-3H3,(H,26,27,28)/t23-/m0/s1. The van der Waals surface area contributed by atoms with Gasteiger partial charge in [0.25, 0.3) is 0 Å². The van der Waals surface area contributed by atoms with E-state index in [0.717, 1.165) is 22.4 Å². The van der Waals surface area contributed by atoms with Crippen molar-refractivity contribution >= 4 is 22.4 Å². The Morgan fingerprint density at radius 1 is 0.786 bits per heavy atom. The lowest BCUT2D eigenvalue weighted by atomic mass is 9.99. The molecule has 0 saturated heterocycles. The van der Waals surface area contributed by atoms with Crippen molar-refractivity contribution in [2.45, 2.75) is 19.9 Å². The first-order valence-corrected chi connectivity index (χ1v) is 9.47. The Bertz CT molecular complexity index is 1090. The number of nitrogens with zero attached hydrogens (tertiary/aromatic N) is 2. The van der Waals surface area contributed by atoms with E-state index in [9.17, 15) is 0 Å². The molecule has 4 aromatic rings. The van der Waals surface area contributed by atoms with E-state index < -0.39 is 0 Å². The van der Waals surface area contributed by atoms with Crippen molar-refractivity contribution in [2.24, 2.45) is 0 Å². The highest BCUT2D eigenvalue weighted by Crippen LogP contribution is 2.27. The number of anilines is 2. The van der Waals surface area contributed by atoms with Gasteiger partial charge in [-0.05, 0) is 67.4 Å². The van der Waals surface area contributed by atoms with Crippen molar-refractivity contribution in [3.05, 3.63) is 95.3 Å². The summed E-state index contributed by atoms with van der Waals surface area (Å²) >= 11 is 0. The van der Waals surface area contributed by atoms with E-state index in [-0.39, 0.29) is 6.04 Å². The van der Waals surface area contributed by atoms with Gasteiger partial charge in [-0.3, -0.25) is 0 Å². The molecule has 1 heterocycles. The molecule has 4 nitrogen and oxygen atoms in total. The first-order chi connectivity index (χ1) is 13.7. The molecule has 0 bridgehead atoms. The highest BCUT2D eigenvalue weighted by Gasteiger charge is 2.12. The third kappa shape index (κ3) is 3.59. The average molecular weight is 368 g/mol. The summed E-state index contributed by atoms with van der Waals surface area (Å²) in [5.41, 5.74) is 6.90. The number of aryl methyl sites for hydroxylation is 2. The van der Waals surface area contributed by atoms with Gasteiger partial charge in [0.2, 0.25) is 0 Å². The number of fused-ring (bicyclic) bond motifs is 1. The zero-order chi connectivity index (χ0) is 19.5. The molecule has 28 heavy (non-hydrogen) atoms. The molecule has 0 aliphatic heterocycles. The van der Waals surface area contributed by atoms with Crippen molar-refractivity contribution in [1.29, 1.82) is 0 Å². The van der Waals surface area contributed by atoms with Gasteiger partial charge in [0, 0.05) is 11.1 Å². The number of aromatic nitrogens is 2. The second-order valence-electron chi connectivity index (χ2n) is 7.06. The highest BCUT2D eigenvalue weighted by atomic mass is 15.0. The van der Waals surface area contributed by atoms with Crippen LogP contribution in [0.4, 0.5) is 11.5 Å². The van der Waals surface area contributed by atoms with Crippen molar-refractivity contribution in [3.63, 3.8) is 0 Å². The Morgan fingerprint density at radius 2 is 1.46 bits per heavy atom. The summed E-state index contributed by atoms with van der Waals surface area (Å²) < 4.78 is 0. The first-order valence-electron chi connectivity index (χ1n) is 9.47. The van der Waals surface area contributed by atoms with E-state index in [0.29, 0.717) is 0 Å². The Hall–Kier alpha value is -3.24. The number of rotatable bonds is 5. The van der Waals surface area contributed by atoms with Crippen molar-refractivity contribution in [3.8, 4) is 0 Å². The molecule has 0 radical (unpaired) electrons. The second kappa shape index (κ2) is 7.79. The lowest BCUT2D eigenvalue weighted by Gasteiger charge is -2.18. The zero-order valence-corrected chi connectivity index (χ0v) is 16.4. The maximum atomic E-state index is 4.46. The van der Waals surface area contributed by atoms with Gasteiger partial charge in [-0.25, -0.2) is 9.97 Å². The number of hydrogen-bond donors (Lipinski definition) is 2. The largest absolute Gasteiger partial charge is 0.340 e. The fourth-order valence-electron chi connectivity index (χ4n) is 3.48. The van der Waals surface area contributed by atoms with Crippen LogP contribution in [0.15, 0.2) is 73.1 Å². The topological polar surface area (TPSA) is 49.8 Å². The number of nitrogens with one attached hydrogen (secondary N) is 2. The van der Waals surface area contributed by atoms with Crippen LogP contribution >= 0.6 is 0 Å². The van der Waals surface area contributed by atoms with Gasteiger partial charge in [0.15, 0.2) is 0 Å². The van der Waals surface area contributed by atoms with Crippen LogP contribution in [0.1, 0.15) is 28.3 Å². The third-order valence-corrected chi connectivity index (χ3v) is 5.18. The Morgan fingerprint density at radius 3 is 2.18 bits per heavy atom. The minimum atomic E-state index is 0.167. The van der Waals surface area contributed by atoms with Gasteiger partial charge >= 0.3 is 0 Å². The maximum absolute atomic E-state index is 4.46. The minimum Gasteiger partial charge on any atom is -0.340 e. The van der Waals surface area contributed by atoms with Crippen LogP contribution in [0, 0.1) is 13.8 Å². The van der Waals surface area contributed by atoms with E-state index in [4.69, 9.17) is 0 Å². The van der Waals surface area contributed by atoms with Gasteiger partial charge in [-0.2, -0.15) is 0 Å². The monoisotopic (exact) mass is 368 g/mol. The van der Waals surface area contributed by atoms with Crippen LogP contribution in [0.25, 0.3) is 10.9 Å². The maximum Gasteiger partial charge on any atom is 0.141 e. The van der Waals surface area contributed by atoms with Gasteiger partial charge in [0.05, 0.1) is 11.6 Å². The van der Waals surface area contributed by atoms with E-state index in [1.54, 1.807) is 6.33 Å². The molecule has 3 aromatic carbocycles. The van der Waals surface area contributed by atoms with Crippen LogP contribution in [-0.4, -0.2) is 17.0 Å². The van der Waals surface area contributed by atoms with E-state index >= 15 is 0 Å². The summed E-state index contributed by atoms with van der Waals surface area (Å²) in [6.07, 6.45) is 1.61. The summed E-state index contributed by atoms with van der Waals surface area (Å²) in [6.45, 7) is 4.22. The van der Waals surface area contributed by atoms with E-state index in [1.165, 1.54) is 22.3 Å². The van der Waals surface area contributed by atoms with Crippen molar-refractivity contribution in [2.75, 3.05) is 12.4 Å². The summed E-state index contributed by atoms with van der Waals surface area (Å²) in [5.74, 6) is 0.828.